The van der Waals surface area contributed by atoms with E-state index >= 15 is 0 Å². The maximum Gasteiger partial charge on any atom is 0.244 e. The van der Waals surface area contributed by atoms with Crippen molar-refractivity contribution in [2.24, 2.45) is 4.99 Å². The number of hydrogen-bond donors (Lipinski definition) is 1. The Morgan fingerprint density at radius 3 is 2.34 bits per heavy atom. The van der Waals surface area contributed by atoms with E-state index in [-0.39, 0.29) is 24.8 Å². The Labute approximate surface area is 188 Å². The number of benzene rings is 3. The van der Waals surface area contributed by atoms with Gasteiger partial charge in [0.25, 0.3) is 0 Å². The molecule has 0 saturated heterocycles. The molecule has 4 rings (SSSR count). The summed E-state index contributed by atoms with van der Waals surface area (Å²) in [6.45, 7) is 5.96. The lowest BCUT2D eigenvalue weighted by atomic mass is 10.0. The number of hydrogen-bond acceptors (Lipinski definition) is 3. The van der Waals surface area contributed by atoms with E-state index in [4.69, 9.17) is 4.99 Å². The summed E-state index contributed by atoms with van der Waals surface area (Å²) in [5.74, 6) is -0.383. The molecule has 1 N–H and O–H groups in total. The maximum atomic E-state index is 13.3. The summed E-state index contributed by atoms with van der Waals surface area (Å²) >= 11 is 0. The summed E-state index contributed by atoms with van der Waals surface area (Å²) in [6.07, 6.45) is 1.09. The van der Waals surface area contributed by atoms with Gasteiger partial charge in [0, 0.05) is 5.69 Å². The van der Waals surface area contributed by atoms with Crippen molar-refractivity contribution >= 4 is 34.6 Å². The lowest BCUT2D eigenvalue weighted by molar-refractivity contribution is -0.120. The smallest absolute Gasteiger partial charge is 0.244 e. The normalized spacial score (nSPS) is 13.3. The highest BCUT2D eigenvalue weighted by Gasteiger charge is 2.26. The maximum absolute atomic E-state index is 13.3. The fourth-order valence-corrected chi connectivity index (χ4v) is 3.95. The van der Waals surface area contributed by atoms with Crippen LogP contribution in [-0.4, -0.2) is 24.1 Å². The Kier molecular flexibility index (Phi) is 6.17. The van der Waals surface area contributed by atoms with Crippen LogP contribution in [-0.2, 0) is 16.0 Å². The molecule has 3 aromatic carbocycles. The SMILES string of the molecule is CCc1ccc(C2=Nc3ccccc3N(CC(=O)Nc3c(C)cccc3C)C(=O)C2)cc1. The zero-order chi connectivity index (χ0) is 22.7. The highest BCUT2D eigenvalue weighted by atomic mass is 16.2. The van der Waals surface area contributed by atoms with Crippen molar-refractivity contribution in [3.05, 3.63) is 89.0 Å². The van der Waals surface area contributed by atoms with E-state index in [1.807, 2.05) is 68.4 Å². The van der Waals surface area contributed by atoms with Crippen molar-refractivity contribution in [2.45, 2.75) is 33.6 Å². The molecule has 32 heavy (non-hydrogen) atoms. The van der Waals surface area contributed by atoms with Crippen molar-refractivity contribution < 1.29 is 9.59 Å². The molecule has 0 fully saturated rings. The molecule has 5 nitrogen and oxygen atoms in total. The second-order valence-electron chi connectivity index (χ2n) is 8.07. The van der Waals surface area contributed by atoms with Gasteiger partial charge in [-0.25, -0.2) is 0 Å². The molecule has 1 heterocycles. The summed E-state index contributed by atoms with van der Waals surface area (Å²) in [7, 11) is 0. The molecule has 1 aliphatic rings. The van der Waals surface area contributed by atoms with Gasteiger partial charge < -0.3 is 10.2 Å². The van der Waals surface area contributed by atoms with Gasteiger partial charge in [0.05, 0.1) is 23.5 Å². The Balaban J connectivity index is 1.61. The van der Waals surface area contributed by atoms with Crippen LogP contribution in [0.5, 0.6) is 0 Å². The van der Waals surface area contributed by atoms with Crippen LogP contribution in [0, 0.1) is 13.8 Å². The molecule has 5 heteroatoms. The Morgan fingerprint density at radius 2 is 1.66 bits per heavy atom. The van der Waals surface area contributed by atoms with Crippen molar-refractivity contribution in [2.75, 3.05) is 16.8 Å². The van der Waals surface area contributed by atoms with Crippen molar-refractivity contribution in [3.63, 3.8) is 0 Å². The fraction of sp³-hybridized carbons (Fsp3) is 0.222. The van der Waals surface area contributed by atoms with Crippen LogP contribution >= 0.6 is 0 Å². The second-order valence-corrected chi connectivity index (χ2v) is 8.07. The van der Waals surface area contributed by atoms with Crippen molar-refractivity contribution in [3.8, 4) is 0 Å². The lowest BCUT2D eigenvalue weighted by Crippen LogP contribution is -2.38. The summed E-state index contributed by atoms with van der Waals surface area (Å²) in [4.78, 5) is 32.5. The van der Waals surface area contributed by atoms with Crippen molar-refractivity contribution in [1.82, 2.24) is 0 Å². The van der Waals surface area contributed by atoms with E-state index in [0.717, 1.165) is 28.8 Å². The lowest BCUT2D eigenvalue weighted by Gasteiger charge is -2.22. The molecule has 0 radical (unpaired) electrons. The zero-order valence-corrected chi connectivity index (χ0v) is 18.7. The van der Waals surface area contributed by atoms with Gasteiger partial charge in [0.15, 0.2) is 0 Å². The quantitative estimate of drug-likeness (QED) is 0.598. The fourth-order valence-electron chi connectivity index (χ4n) is 3.95. The highest BCUT2D eigenvalue weighted by molar-refractivity contribution is 6.19. The van der Waals surface area contributed by atoms with Gasteiger partial charge >= 0.3 is 0 Å². The number of carbonyl (C=O) groups is 2. The third-order valence-electron chi connectivity index (χ3n) is 5.79. The Morgan fingerprint density at radius 1 is 0.969 bits per heavy atom. The number of aliphatic imine (C=N–C) groups is 1. The first kappa shape index (κ1) is 21.5. The number of nitrogens with zero attached hydrogens (tertiary/aromatic N) is 2. The second kappa shape index (κ2) is 9.18. The van der Waals surface area contributed by atoms with Gasteiger partial charge in [-0.1, -0.05) is 61.5 Å². The number of anilines is 2. The van der Waals surface area contributed by atoms with Crippen LogP contribution < -0.4 is 10.2 Å². The van der Waals surface area contributed by atoms with E-state index in [2.05, 4.69) is 24.4 Å². The minimum atomic E-state index is -0.235. The number of amides is 2. The molecule has 0 saturated carbocycles. The van der Waals surface area contributed by atoms with E-state index in [1.165, 1.54) is 10.5 Å². The Hall–Kier alpha value is -3.73. The van der Waals surface area contributed by atoms with Crippen LogP contribution in [0.3, 0.4) is 0 Å². The van der Waals surface area contributed by atoms with Crippen LogP contribution in [0.1, 0.15) is 35.6 Å². The molecule has 2 amide bonds. The third-order valence-corrected chi connectivity index (χ3v) is 5.79. The molecular formula is C27H27N3O2. The number of para-hydroxylation sites is 3. The van der Waals surface area contributed by atoms with E-state index < -0.39 is 0 Å². The number of rotatable bonds is 5. The predicted octanol–water partition coefficient (Wildman–Crippen LogP) is 5.36. The molecular weight excluding hydrogens is 398 g/mol. The first-order chi connectivity index (χ1) is 15.5. The number of nitrogens with one attached hydrogen (secondary N) is 1. The van der Waals surface area contributed by atoms with Crippen molar-refractivity contribution in [1.29, 1.82) is 0 Å². The minimum absolute atomic E-state index is 0.0683. The molecule has 3 aromatic rings. The summed E-state index contributed by atoms with van der Waals surface area (Å²) in [6, 6.07) is 21.5. The third kappa shape index (κ3) is 4.47. The molecule has 0 atom stereocenters. The first-order valence-electron chi connectivity index (χ1n) is 10.9. The van der Waals surface area contributed by atoms with Gasteiger partial charge in [0.2, 0.25) is 11.8 Å². The van der Waals surface area contributed by atoms with E-state index in [1.54, 1.807) is 0 Å². The summed E-state index contributed by atoms with van der Waals surface area (Å²) < 4.78 is 0. The van der Waals surface area contributed by atoms with Crippen LogP contribution in [0.25, 0.3) is 0 Å². The van der Waals surface area contributed by atoms with Gasteiger partial charge in [-0.3, -0.25) is 14.6 Å². The van der Waals surface area contributed by atoms with Crippen LogP contribution in [0.4, 0.5) is 17.1 Å². The molecule has 0 aromatic heterocycles. The minimum Gasteiger partial charge on any atom is -0.324 e. The van der Waals surface area contributed by atoms with Gasteiger partial charge in [-0.15, -0.1) is 0 Å². The first-order valence-corrected chi connectivity index (χ1v) is 10.9. The Bertz CT molecular complexity index is 1180. The number of fused-ring (bicyclic) bond motifs is 1. The summed E-state index contributed by atoms with van der Waals surface area (Å²) in [5.41, 5.74) is 6.97. The molecule has 1 aliphatic heterocycles. The zero-order valence-electron chi connectivity index (χ0n) is 18.7. The average Bonchev–Trinajstić information content (AvgIpc) is 2.93. The van der Waals surface area contributed by atoms with Gasteiger partial charge in [-0.05, 0) is 54.7 Å². The highest BCUT2D eigenvalue weighted by Crippen LogP contribution is 2.33. The molecule has 162 valence electrons. The number of carbonyl (C=O) groups excluding carboxylic acids is 2. The van der Waals surface area contributed by atoms with Gasteiger partial charge in [-0.2, -0.15) is 0 Å². The predicted molar refractivity (Wildman–Crippen MR) is 130 cm³/mol. The molecule has 0 aliphatic carbocycles. The number of aryl methyl sites for hydroxylation is 3. The largest absolute Gasteiger partial charge is 0.324 e. The van der Waals surface area contributed by atoms with Crippen LogP contribution in [0.15, 0.2) is 71.7 Å². The molecule has 0 spiro atoms. The topological polar surface area (TPSA) is 61.8 Å². The van der Waals surface area contributed by atoms with E-state index in [9.17, 15) is 9.59 Å². The monoisotopic (exact) mass is 425 g/mol. The average molecular weight is 426 g/mol. The van der Waals surface area contributed by atoms with E-state index in [0.29, 0.717) is 17.1 Å². The van der Waals surface area contributed by atoms with Gasteiger partial charge in [0.1, 0.15) is 6.54 Å². The summed E-state index contributed by atoms with van der Waals surface area (Å²) in [5, 5.41) is 2.98. The molecule has 0 unspecified atom stereocenters. The van der Waals surface area contributed by atoms with Crippen LogP contribution in [0.2, 0.25) is 0 Å². The standard InChI is InChI=1S/C27H27N3O2/c1-4-20-12-14-21(15-13-20)23-16-26(32)30(24-11-6-5-10-22(24)28-23)17-25(31)29-27-18(2)8-7-9-19(27)3/h5-15H,4,16-17H2,1-3H3,(H,29,31). The molecule has 0 bridgehead atoms.